The Labute approximate surface area is 64.6 Å². The first-order chi connectivity index (χ1) is 5.16. The van der Waals surface area contributed by atoms with Gasteiger partial charge in [0.25, 0.3) is 0 Å². The molecule has 1 unspecified atom stereocenters. The second-order valence-electron chi connectivity index (χ2n) is 2.36. The second-order valence-corrected chi connectivity index (χ2v) is 2.36. The lowest BCUT2D eigenvalue weighted by molar-refractivity contribution is 0.187. The lowest BCUT2D eigenvalue weighted by Gasteiger charge is -2.05. The van der Waals surface area contributed by atoms with Gasteiger partial charge in [0.15, 0.2) is 0 Å². The number of nitrogens with zero attached hydrogens (tertiary/aromatic N) is 2. The van der Waals surface area contributed by atoms with Gasteiger partial charge in [0.2, 0.25) is 0 Å². The molecule has 0 aliphatic rings. The van der Waals surface area contributed by atoms with Gasteiger partial charge in [0, 0.05) is 19.2 Å². The summed E-state index contributed by atoms with van der Waals surface area (Å²) in [5.41, 5.74) is 11.4. The number of hydrogen-bond donors (Lipinski definition) is 3. The Morgan fingerprint density at radius 2 is 2.45 bits per heavy atom. The molecule has 0 fully saturated rings. The van der Waals surface area contributed by atoms with Gasteiger partial charge in [-0.15, -0.1) is 0 Å². The molecule has 1 rings (SSSR count). The van der Waals surface area contributed by atoms with Crippen molar-refractivity contribution in [2.45, 2.75) is 6.10 Å². The van der Waals surface area contributed by atoms with Gasteiger partial charge in [-0.2, -0.15) is 5.10 Å². The monoisotopic (exact) mass is 156 g/mol. The van der Waals surface area contributed by atoms with E-state index in [9.17, 15) is 5.11 Å². The molecule has 0 bridgehead atoms. The van der Waals surface area contributed by atoms with Crippen LogP contribution < -0.4 is 11.5 Å². The van der Waals surface area contributed by atoms with Crippen molar-refractivity contribution < 1.29 is 5.11 Å². The predicted octanol–water partition coefficient (Wildman–Crippen LogP) is -1.01. The summed E-state index contributed by atoms with van der Waals surface area (Å²) in [6.07, 6.45) is 0.816. The van der Waals surface area contributed by atoms with Crippen molar-refractivity contribution in [1.29, 1.82) is 0 Å². The number of nitrogen functional groups attached to an aromatic ring is 1. The minimum Gasteiger partial charge on any atom is -0.387 e. The Bertz CT molecular complexity index is 245. The van der Waals surface area contributed by atoms with Crippen LogP contribution in [0.5, 0.6) is 0 Å². The van der Waals surface area contributed by atoms with E-state index in [4.69, 9.17) is 11.5 Å². The van der Waals surface area contributed by atoms with Crippen LogP contribution in [0.15, 0.2) is 6.20 Å². The molecule has 0 aliphatic heterocycles. The van der Waals surface area contributed by atoms with Crippen LogP contribution in [-0.4, -0.2) is 21.4 Å². The fraction of sp³-hybridized carbons (Fsp3) is 0.500. The van der Waals surface area contributed by atoms with Crippen molar-refractivity contribution >= 4 is 5.82 Å². The first-order valence-electron chi connectivity index (χ1n) is 3.32. The fourth-order valence-corrected chi connectivity index (χ4v) is 0.848. The van der Waals surface area contributed by atoms with Crippen molar-refractivity contribution in [3.8, 4) is 0 Å². The molecular formula is C6H12N4O. The van der Waals surface area contributed by atoms with Gasteiger partial charge in [-0.1, -0.05) is 0 Å². The number of anilines is 1. The third-order valence-electron chi connectivity index (χ3n) is 1.60. The van der Waals surface area contributed by atoms with E-state index in [2.05, 4.69) is 5.10 Å². The number of aliphatic hydroxyl groups is 1. The van der Waals surface area contributed by atoms with Crippen molar-refractivity contribution in [2.24, 2.45) is 12.8 Å². The number of nitrogens with two attached hydrogens (primary N) is 2. The molecule has 1 heterocycles. The maximum atomic E-state index is 9.27. The van der Waals surface area contributed by atoms with Gasteiger partial charge >= 0.3 is 0 Å². The normalized spacial score (nSPS) is 13.4. The second kappa shape index (κ2) is 2.89. The third kappa shape index (κ3) is 1.33. The summed E-state index contributed by atoms with van der Waals surface area (Å²) in [5, 5.41) is 13.1. The summed E-state index contributed by atoms with van der Waals surface area (Å²) < 4.78 is 1.49. The Hall–Kier alpha value is -1.07. The first-order valence-corrected chi connectivity index (χ1v) is 3.32. The lowest BCUT2D eigenvalue weighted by Crippen LogP contribution is -2.12. The summed E-state index contributed by atoms with van der Waals surface area (Å²) in [5.74, 6) is 0.461. The van der Waals surface area contributed by atoms with E-state index in [1.54, 1.807) is 7.05 Å². The Balaban J connectivity index is 2.94. The highest BCUT2D eigenvalue weighted by Crippen LogP contribution is 2.17. The van der Waals surface area contributed by atoms with E-state index in [1.165, 1.54) is 10.9 Å². The molecular weight excluding hydrogens is 144 g/mol. The summed E-state index contributed by atoms with van der Waals surface area (Å²) in [6, 6.07) is 0. The molecule has 62 valence electrons. The smallest absolute Gasteiger partial charge is 0.127 e. The summed E-state index contributed by atoms with van der Waals surface area (Å²) in [4.78, 5) is 0. The third-order valence-corrected chi connectivity index (χ3v) is 1.60. The van der Waals surface area contributed by atoms with E-state index < -0.39 is 6.10 Å². The zero-order valence-corrected chi connectivity index (χ0v) is 6.36. The van der Waals surface area contributed by atoms with E-state index >= 15 is 0 Å². The van der Waals surface area contributed by atoms with Crippen molar-refractivity contribution in [1.82, 2.24) is 9.78 Å². The van der Waals surface area contributed by atoms with E-state index in [-0.39, 0.29) is 6.54 Å². The lowest BCUT2D eigenvalue weighted by atomic mass is 10.2. The Morgan fingerprint density at radius 1 is 1.82 bits per heavy atom. The molecule has 11 heavy (non-hydrogen) atoms. The average molecular weight is 156 g/mol. The van der Waals surface area contributed by atoms with Crippen LogP contribution in [-0.2, 0) is 7.05 Å². The van der Waals surface area contributed by atoms with Gasteiger partial charge in [0.05, 0.1) is 12.3 Å². The molecule has 0 saturated heterocycles. The van der Waals surface area contributed by atoms with Gasteiger partial charge in [-0.05, 0) is 0 Å². The molecule has 5 heteroatoms. The molecule has 0 aromatic carbocycles. The molecule has 0 radical (unpaired) electrons. The summed E-state index contributed by atoms with van der Waals surface area (Å²) >= 11 is 0. The zero-order valence-electron chi connectivity index (χ0n) is 6.36. The predicted molar refractivity (Wildman–Crippen MR) is 41.6 cm³/mol. The van der Waals surface area contributed by atoms with Crippen LogP contribution in [0.4, 0.5) is 5.82 Å². The van der Waals surface area contributed by atoms with Crippen molar-refractivity contribution in [3.05, 3.63) is 11.8 Å². The highest BCUT2D eigenvalue weighted by atomic mass is 16.3. The topological polar surface area (TPSA) is 90.1 Å². The van der Waals surface area contributed by atoms with Crippen molar-refractivity contribution in [3.63, 3.8) is 0 Å². The fourth-order valence-electron chi connectivity index (χ4n) is 0.848. The molecule has 1 atom stereocenters. The Kier molecular flexibility index (Phi) is 2.11. The zero-order chi connectivity index (χ0) is 8.43. The molecule has 5 nitrogen and oxygen atoms in total. The van der Waals surface area contributed by atoms with Crippen LogP contribution in [0.2, 0.25) is 0 Å². The number of aryl methyl sites for hydroxylation is 1. The van der Waals surface area contributed by atoms with Gasteiger partial charge in [-0.25, -0.2) is 0 Å². The minimum atomic E-state index is -0.705. The summed E-state index contributed by atoms with van der Waals surface area (Å²) in [6.45, 7) is 0.163. The van der Waals surface area contributed by atoms with E-state index in [0.717, 1.165) is 0 Å². The average Bonchev–Trinajstić information content (AvgIpc) is 2.32. The quantitative estimate of drug-likeness (QED) is 0.512. The minimum absolute atomic E-state index is 0.163. The van der Waals surface area contributed by atoms with Crippen LogP contribution in [0.25, 0.3) is 0 Å². The highest BCUT2D eigenvalue weighted by Gasteiger charge is 2.11. The maximum Gasteiger partial charge on any atom is 0.127 e. The molecule has 5 N–H and O–H groups in total. The largest absolute Gasteiger partial charge is 0.387 e. The number of hydrogen-bond acceptors (Lipinski definition) is 4. The molecule has 0 aliphatic carbocycles. The molecule has 0 saturated carbocycles. The SMILES string of the molecule is Cn1ncc(C(O)CN)c1N. The number of aliphatic hydroxyl groups excluding tert-OH is 1. The number of aromatic nitrogens is 2. The van der Waals surface area contributed by atoms with Crippen LogP contribution in [0, 0.1) is 0 Å². The molecule has 0 spiro atoms. The van der Waals surface area contributed by atoms with Gasteiger partial charge in [-0.3, -0.25) is 4.68 Å². The number of rotatable bonds is 2. The summed E-state index contributed by atoms with van der Waals surface area (Å²) in [7, 11) is 1.71. The van der Waals surface area contributed by atoms with E-state index in [0.29, 0.717) is 11.4 Å². The van der Waals surface area contributed by atoms with Gasteiger partial charge in [0.1, 0.15) is 5.82 Å². The molecule has 1 aromatic rings. The van der Waals surface area contributed by atoms with Crippen LogP contribution >= 0.6 is 0 Å². The molecule has 0 amide bonds. The van der Waals surface area contributed by atoms with Gasteiger partial charge < -0.3 is 16.6 Å². The van der Waals surface area contributed by atoms with Crippen LogP contribution in [0.3, 0.4) is 0 Å². The van der Waals surface area contributed by atoms with E-state index in [1.807, 2.05) is 0 Å². The highest BCUT2D eigenvalue weighted by molar-refractivity contribution is 5.39. The maximum absolute atomic E-state index is 9.27. The Morgan fingerprint density at radius 3 is 2.82 bits per heavy atom. The standard InChI is InChI=1S/C6H12N4O/c1-10-6(8)4(3-9-10)5(11)2-7/h3,5,11H,2,7-8H2,1H3. The van der Waals surface area contributed by atoms with Crippen molar-refractivity contribution in [2.75, 3.05) is 12.3 Å². The molecule has 1 aromatic heterocycles. The van der Waals surface area contributed by atoms with Crippen LogP contribution in [0.1, 0.15) is 11.7 Å². The first kappa shape index (κ1) is 8.03.